The van der Waals surface area contributed by atoms with Gasteiger partial charge in [0.2, 0.25) is 0 Å². The molecule has 0 aliphatic carbocycles. The third-order valence-electron chi connectivity index (χ3n) is 4.06. The molecule has 4 N–H and O–H groups in total. The van der Waals surface area contributed by atoms with E-state index >= 15 is 0 Å². The molecule has 0 fully saturated rings. The Kier molecular flexibility index (Phi) is 4.28. The summed E-state index contributed by atoms with van der Waals surface area (Å²) in [6.45, 7) is 0.175. The second-order valence-electron chi connectivity index (χ2n) is 5.89. The highest BCUT2D eigenvalue weighted by molar-refractivity contribution is 5.90. The van der Waals surface area contributed by atoms with Crippen molar-refractivity contribution in [3.8, 4) is 11.5 Å². The standard InChI is InChI=1S/C18H14FN7O2/c19-12-6-2-1-4-10(12)9-26-17-11(5-3-7-21-17)14(25-26)16-22-8-13(15(20)24-16)23-18(27)28/h1-8,23H,9H2,(H,27,28)(H2,20,22,24). The smallest absolute Gasteiger partial charge is 0.409 e. The highest BCUT2D eigenvalue weighted by atomic mass is 19.1. The number of nitrogens with zero attached hydrogens (tertiary/aromatic N) is 5. The fourth-order valence-corrected chi connectivity index (χ4v) is 2.79. The van der Waals surface area contributed by atoms with Crippen LogP contribution in [0.15, 0.2) is 48.8 Å². The molecule has 0 atom stereocenters. The van der Waals surface area contributed by atoms with E-state index in [0.717, 1.165) is 0 Å². The van der Waals surface area contributed by atoms with E-state index in [1.165, 1.54) is 12.3 Å². The van der Waals surface area contributed by atoms with Crippen LogP contribution in [0.5, 0.6) is 0 Å². The number of carboxylic acid groups (broad SMARTS) is 1. The average molecular weight is 379 g/mol. The SMILES string of the molecule is Nc1nc(-c2nn(Cc3ccccc3F)c3ncccc23)ncc1NC(=O)O. The molecule has 4 aromatic rings. The number of hydrogen-bond donors (Lipinski definition) is 3. The molecule has 0 saturated carbocycles. The second kappa shape index (κ2) is 6.91. The fraction of sp³-hybridized carbons (Fsp3) is 0.0556. The van der Waals surface area contributed by atoms with Crippen LogP contribution in [0.1, 0.15) is 5.56 Å². The van der Waals surface area contributed by atoms with Gasteiger partial charge in [0.1, 0.15) is 17.2 Å². The number of pyridine rings is 1. The summed E-state index contributed by atoms with van der Waals surface area (Å²) in [5.41, 5.74) is 7.31. The van der Waals surface area contributed by atoms with Crippen LogP contribution in [0, 0.1) is 5.82 Å². The Balaban J connectivity index is 1.79. The normalized spacial score (nSPS) is 10.9. The van der Waals surface area contributed by atoms with Crippen LogP contribution in [0.25, 0.3) is 22.6 Å². The zero-order valence-corrected chi connectivity index (χ0v) is 14.4. The maximum absolute atomic E-state index is 14.0. The lowest BCUT2D eigenvalue weighted by Gasteiger charge is -2.05. The Hall–Kier alpha value is -4.08. The van der Waals surface area contributed by atoms with Crippen molar-refractivity contribution in [2.75, 3.05) is 11.1 Å². The van der Waals surface area contributed by atoms with Gasteiger partial charge in [0.15, 0.2) is 17.3 Å². The summed E-state index contributed by atoms with van der Waals surface area (Å²) in [5.74, 6) is -0.167. The molecular formula is C18H14FN7O2. The van der Waals surface area contributed by atoms with Crippen LogP contribution in [-0.4, -0.2) is 35.9 Å². The first-order chi connectivity index (χ1) is 13.5. The number of amides is 1. The first-order valence-electron chi connectivity index (χ1n) is 8.20. The molecule has 0 bridgehead atoms. The number of aromatic nitrogens is 5. The Bertz CT molecular complexity index is 1190. The molecular weight excluding hydrogens is 365 g/mol. The van der Waals surface area contributed by atoms with Crippen molar-refractivity contribution >= 4 is 28.6 Å². The molecule has 1 aromatic carbocycles. The summed E-state index contributed by atoms with van der Waals surface area (Å²) in [5, 5.41) is 16.1. The molecule has 3 heterocycles. The zero-order chi connectivity index (χ0) is 19.7. The van der Waals surface area contributed by atoms with Gasteiger partial charge in [-0.3, -0.25) is 5.32 Å². The van der Waals surface area contributed by atoms with E-state index in [0.29, 0.717) is 22.3 Å². The first-order valence-corrected chi connectivity index (χ1v) is 8.20. The van der Waals surface area contributed by atoms with E-state index in [9.17, 15) is 9.18 Å². The quantitative estimate of drug-likeness (QED) is 0.497. The van der Waals surface area contributed by atoms with Crippen LogP contribution in [0.2, 0.25) is 0 Å². The zero-order valence-electron chi connectivity index (χ0n) is 14.4. The van der Waals surface area contributed by atoms with Gasteiger partial charge < -0.3 is 10.8 Å². The number of fused-ring (bicyclic) bond motifs is 1. The largest absolute Gasteiger partial charge is 0.465 e. The predicted molar refractivity (Wildman–Crippen MR) is 100 cm³/mol. The highest BCUT2D eigenvalue weighted by Crippen LogP contribution is 2.27. The van der Waals surface area contributed by atoms with E-state index in [2.05, 4.69) is 25.4 Å². The molecule has 0 radical (unpaired) electrons. The minimum absolute atomic E-state index is 0.0342. The number of halogens is 1. The minimum atomic E-state index is -1.27. The molecule has 9 nitrogen and oxygen atoms in total. The van der Waals surface area contributed by atoms with Crippen molar-refractivity contribution in [1.29, 1.82) is 0 Å². The average Bonchev–Trinajstić information content (AvgIpc) is 3.04. The Morgan fingerprint density at radius 1 is 1.21 bits per heavy atom. The highest BCUT2D eigenvalue weighted by Gasteiger charge is 2.18. The molecule has 10 heteroatoms. The number of anilines is 2. The van der Waals surface area contributed by atoms with Crippen molar-refractivity contribution in [1.82, 2.24) is 24.7 Å². The molecule has 0 spiro atoms. The van der Waals surface area contributed by atoms with Gasteiger partial charge in [-0.25, -0.2) is 28.8 Å². The van der Waals surface area contributed by atoms with Crippen LogP contribution in [0.4, 0.5) is 20.7 Å². The minimum Gasteiger partial charge on any atom is -0.465 e. The van der Waals surface area contributed by atoms with Gasteiger partial charge in [-0.1, -0.05) is 18.2 Å². The molecule has 140 valence electrons. The number of carbonyl (C=O) groups is 1. The van der Waals surface area contributed by atoms with E-state index in [1.807, 2.05) is 0 Å². The van der Waals surface area contributed by atoms with Crippen LogP contribution in [-0.2, 0) is 6.54 Å². The van der Waals surface area contributed by atoms with Crippen LogP contribution in [0.3, 0.4) is 0 Å². The summed E-state index contributed by atoms with van der Waals surface area (Å²) in [4.78, 5) is 23.4. The van der Waals surface area contributed by atoms with Crippen LogP contribution < -0.4 is 11.1 Å². The lowest BCUT2D eigenvalue weighted by atomic mass is 10.2. The van der Waals surface area contributed by atoms with Gasteiger partial charge in [-0.2, -0.15) is 5.10 Å². The molecule has 4 rings (SSSR count). The Labute approximate surface area is 157 Å². The number of nitrogens with two attached hydrogens (primary N) is 1. The first kappa shape index (κ1) is 17.3. The molecule has 0 saturated heterocycles. The molecule has 28 heavy (non-hydrogen) atoms. The number of benzene rings is 1. The lowest BCUT2D eigenvalue weighted by Crippen LogP contribution is -2.11. The van der Waals surface area contributed by atoms with E-state index in [-0.39, 0.29) is 29.7 Å². The molecule has 0 aliphatic heterocycles. The molecule has 0 aliphatic rings. The number of hydrogen-bond acceptors (Lipinski definition) is 6. The van der Waals surface area contributed by atoms with Gasteiger partial charge >= 0.3 is 6.09 Å². The van der Waals surface area contributed by atoms with Gasteiger partial charge in [-0.15, -0.1) is 0 Å². The van der Waals surface area contributed by atoms with Crippen molar-refractivity contribution in [3.05, 3.63) is 60.2 Å². The number of nitrogens with one attached hydrogen (secondary N) is 1. The van der Waals surface area contributed by atoms with Crippen molar-refractivity contribution in [2.24, 2.45) is 0 Å². The topological polar surface area (TPSA) is 132 Å². The Morgan fingerprint density at radius 2 is 2.04 bits per heavy atom. The van der Waals surface area contributed by atoms with Crippen molar-refractivity contribution in [3.63, 3.8) is 0 Å². The maximum Gasteiger partial charge on any atom is 0.409 e. The molecule has 3 aromatic heterocycles. The van der Waals surface area contributed by atoms with Gasteiger partial charge in [-0.05, 0) is 18.2 Å². The predicted octanol–water partition coefficient (Wildman–Crippen LogP) is 2.75. The van der Waals surface area contributed by atoms with E-state index in [4.69, 9.17) is 10.8 Å². The van der Waals surface area contributed by atoms with Gasteiger partial charge in [0.05, 0.1) is 18.1 Å². The van der Waals surface area contributed by atoms with E-state index < -0.39 is 6.09 Å². The fourth-order valence-electron chi connectivity index (χ4n) is 2.79. The summed E-state index contributed by atoms with van der Waals surface area (Å²) < 4.78 is 15.6. The third kappa shape index (κ3) is 3.18. The second-order valence-corrected chi connectivity index (χ2v) is 5.89. The van der Waals surface area contributed by atoms with Gasteiger partial charge in [0.25, 0.3) is 0 Å². The van der Waals surface area contributed by atoms with Crippen molar-refractivity contribution < 1.29 is 14.3 Å². The molecule has 0 unspecified atom stereocenters. The summed E-state index contributed by atoms with van der Waals surface area (Å²) in [6, 6.07) is 9.96. The monoisotopic (exact) mass is 379 g/mol. The molecule has 1 amide bonds. The lowest BCUT2D eigenvalue weighted by molar-refractivity contribution is 0.209. The number of nitrogen functional groups attached to an aromatic ring is 1. The van der Waals surface area contributed by atoms with Crippen molar-refractivity contribution in [2.45, 2.75) is 6.54 Å². The summed E-state index contributed by atoms with van der Waals surface area (Å²) in [7, 11) is 0. The number of rotatable bonds is 4. The van der Waals surface area contributed by atoms with Crippen LogP contribution >= 0.6 is 0 Å². The van der Waals surface area contributed by atoms with Gasteiger partial charge in [0, 0.05) is 11.8 Å². The summed E-state index contributed by atoms with van der Waals surface area (Å²) in [6.07, 6.45) is 1.61. The Morgan fingerprint density at radius 3 is 2.79 bits per heavy atom. The summed E-state index contributed by atoms with van der Waals surface area (Å²) >= 11 is 0. The third-order valence-corrected chi connectivity index (χ3v) is 4.06. The maximum atomic E-state index is 14.0. The van der Waals surface area contributed by atoms with E-state index in [1.54, 1.807) is 41.2 Å².